The largest absolute Gasteiger partial charge is 0.381 e. The minimum Gasteiger partial charge on any atom is -0.381 e. The van der Waals surface area contributed by atoms with E-state index in [-0.39, 0.29) is 18.0 Å². The molecule has 1 aliphatic carbocycles. The van der Waals surface area contributed by atoms with Crippen molar-refractivity contribution in [2.24, 2.45) is 0 Å². The van der Waals surface area contributed by atoms with Crippen LogP contribution in [0.2, 0.25) is 0 Å². The molecule has 0 amide bonds. The van der Waals surface area contributed by atoms with Crippen LogP contribution in [0.4, 0.5) is 10.2 Å². The first-order valence-electron chi connectivity index (χ1n) is 5.47. The van der Waals surface area contributed by atoms with Gasteiger partial charge in [-0.25, -0.2) is 14.4 Å². The molecule has 1 aliphatic rings. The Morgan fingerprint density at radius 3 is 2.94 bits per heavy atom. The molecule has 0 saturated heterocycles. The number of nitrogens with zero attached hydrogens (tertiary/aromatic N) is 2. The van der Waals surface area contributed by atoms with E-state index in [4.69, 9.17) is 4.74 Å². The van der Waals surface area contributed by atoms with E-state index in [9.17, 15) is 4.39 Å². The van der Waals surface area contributed by atoms with Crippen LogP contribution in [0.3, 0.4) is 0 Å². The monoisotopic (exact) mass is 225 g/mol. The minimum absolute atomic E-state index is 0.244. The number of ether oxygens (including phenoxy) is 1. The summed E-state index contributed by atoms with van der Waals surface area (Å²) in [6.07, 6.45) is 4.56. The quantitative estimate of drug-likeness (QED) is 0.853. The van der Waals surface area contributed by atoms with E-state index < -0.39 is 0 Å². The van der Waals surface area contributed by atoms with E-state index in [1.54, 1.807) is 14.0 Å². The van der Waals surface area contributed by atoms with E-state index in [1.165, 1.54) is 6.33 Å². The number of methoxy groups -OCH3 is 1. The maximum absolute atomic E-state index is 13.6. The Labute approximate surface area is 94.2 Å². The molecule has 0 spiro atoms. The zero-order chi connectivity index (χ0) is 11.5. The van der Waals surface area contributed by atoms with Gasteiger partial charge in [0.25, 0.3) is 0 Å². The van der Waals surface area contributed by atoms with Gasteiger partial charge in [-0.05, 0) is 26.2 Å². The van der Waals surface area contributed by atoms with Gasteiger partial charge in [0.1, 0.15) is 6.33 Å². The molecule has 0 aliphatic heterocycles. The van der Waals surface area contributed by atoms with Crippen molar-refractivity contribution < 1.29 is 9.13 Å². The predicted molar refractivity (Wildman–Crippen MR) is 58.8 cm³/mol. The van der Waals surface area contributed by atoms with Crippen LogP contribution in [0.5, 0.6) is 0 Å². The summed E-state index contributed by atoms with van der Waals surface area (Å²) in [6.45, 7) is 1.63. The maximum Gasteiger partial charge on any atom is 0.186 e. The fourth-order valence-corrected chi connectivity index (χ4v) is 2.04. The normalized spacial score (nSPS) is 24.7. The molecular formula is C11H16FN3O. The molecule has 1 saturated carbocycles. The van der Waals surface area contributed by atoms with Crippen LogP contribution in [0.25, 0.3) is 0 Å². The van der Waals surface area contributed by atoms with Gasteiger partial charge in [-0.1, -0.05) is 0 Å². The first-order valence-corrected chi connectivity index (χ1v) is 5.47. The molecule has 16 heavy (non-hydrogen) atoms. The lowest BCUT2D eigenvalue weighted by molar-refractivity contribution is 0.108. The van der Waals surface area contributed by atoms with E-state index >= 15 is 0 Å². The Morgan fingerprint density at radius 1 is 1.44 bits per heavy atom. The summed E-state index contributed by atoms with van der Waals surface area (Å²) >= 11 is 0. The zero-order valence-corrected chi connectivity index (χ0v) is 9.53. The van der Waals surface area contributed by atoms with Gasteiger partial charge >= 0.3 is 0 Å². The fourth-order valence-electron chi connectivity index (χ4n) is 2.04. The summed E-state index contributed by atoms with van der Waals surface area (Å²) in [6, 6.07) is 0.244. The number of nitrogens with one attached hydrogen (secondary N) is 1. The van der Waals surface area contributed by atoms with Gasteiger partial charge in [-0.15, -0.1) is 0 Å². The number of aryl methyl sites for hydroxylation is 1. The number of hydrogen-bond acceptors (Lipinski definition) is 4. The third kappa shape index (κ3) is 2.29. The summed E-state index contributed by atoms with van der Waals surface area (Å²) in [4.78, 5) is 7.71. The number of hydrogen-bond donors (Lipinski definition) is 1. The lowest BCUT2D eigenvalue weighted by Gasteiger charge is -2.14. The summed E-state index contributed by atoms with van der Waals surface area (Å²) in [5.74, 6) is -0.0578. The van der Waals surface area contributed by atoms with Gasteiger partial charge in [0.05, 0.1) is 11.8 Å². The SMILES string of the molecule is COC1CCC(Nc2ncnc(C)c2F)C1. The molecular weight excluding hydrogens is 209 g/mol. The number of halogens is 1. The second-order valence-corrected chi connectivity index (χ2v) is 4.13. The zero-order valence-electron chi connectivity index (χ0n) is 9.53. The maximum atomic E-state index is 13.6. The Hall–Kier alpha value is -1.23. The van der Waals surface area contributed by atoms with Crippen LogP contribution in [0.1, 0.15) is 25.0 Å². The molecule has 1 fully saturated rings. The van der Waals surface area contributed by atoms with Crippen molar-refractivity contribution >= 4 is 5.82 Å². The molecule has 2 unspecified atom stereocenters. The first kappa shape index (κ1) is 11.3. The highest BCUT2D eigenvalue weighted by molar-refractivity contribution is 5.38. The highest BCUT2D eigenvalue weighted by Gasteiger charge is 2.25. The molecule has 1 N–H and O–H groups in total. The highest BCUT2D eigenvalue weighted by atomic mass is 19.1. The summed E-state index contributed by atoms with van der Waals surface area (Å²) in [5, 5.41) is 3.11. The molecule has 1 heterocycles. The van der Waals surface area contributed by atoms with Crippen LogP contribution >= 0.6 is 0 Å². The minimum atomic E-state index is -0.358. The predicted octanol–water partition coefficient (Wildman–Crippen LogP) is 1.90. The first-order chi connectivity index (χ1) is 7.70. The standard InChI is InChI=1S/C11H16FN3O/c1-7-10(12)11(14-6-13-7)15-8-3-4-9(5-8)16-2/h6,8-9H,3-5H2,1-2H3,(H,13,14,15). The summed E-state index contributed by atoms with van der Waals surface area (Å²) in [7, 11) is 1.71. The van der Waals surface area contributed by atoms with Crippen LogP contribution in [-0.4, -0.2) is 29.2 Å². The van der Waals surface area contributed by atoms with Crippen molar-refractivity contribution in [2.75, 3.05) is 12.4 Å². The van der Waals surface area contributed by atoms with Crippen LogP contribution in [-0.2, 0) is 4.74 Å². The number of rotatable bonds is 3. The van der Waals surface area contributed by atoms with E-state index in [0.29, 0.717) is 11.5 Å². The lowest BCUT2D eigenvalue weighted by atomic mass is 10.2. The van der Waals surface area contributed by atoms with E-state index in [0.717, 1.165) is 19.3 Å². The molecule has 5 heteroatoms. The van der Waals surface area contributed by atoms with E-state index in [2.05, 4.69) is 15.3 Å². The average Bonchev–Trinajstić information content (AvgIpc) is 2.73. The van der Waals surface area contributed by atoms with Crippen molar-refractivity contribution in [3.05, 3.63) is 17.8 Å². The average molecular weight is 225 g/mol. The molecule has 0 radical (unpaired) electrons. The van der Waals surface area contributed by atoms with E-state index in [1.807, 2.05) is 0 Å². The second-order valence-electron chi connectivity index (χ2n) is 4.13. The van der Waals surface area contributed by atoms with Crippen LogP contribution in [0, 0.1) is 12.7 Å². The number of anilines is 1. The Morgan fingerprint density at radius 2 is 2.25 bits per heavy atom. The molecule has 1 aromatic rings. The third-order valence-corrected chi connectivity index (χ3v) is 3.02. The molecule has 2 atom stereocenters. The van der Waals surface area contributed by atoms with Crippen LogP contribution in [0.15, 0.2) is 6.33 Å². The molecule has 2 rings (SSSR count). The Balaban J connectivity index is 2.02. The van der Waals surface area contributed by atoms with Crippen molar-refractivity contribution in [3.8, 4) is 0 Å². The van der Waals surface area contributed by atoms with Gasteiger partial charge in [0.2, 0.25) is 0 Å². The van der Waals surface area contributed by atoms with Gasteiger partial charge in [-0.3, -0.25) is 0 Å². The smallest absolute Gasteiger partial charge is 0.186 e. The van der Waals surface area contributed by atoms with Crippen LogP contribution < -0.4 is 5.32 Å². The second kappa shape index (κ2) is 4.74. The topological polar surface area (TPSA) is 47.0 Å². The van der Waals surface area contributed by atoms with Crippen molar-refractivity contribution in [1.82, 2.24) is 9.97 Å². The van der Waals surface area contributed by atoms with Gasteiger partial charge in [0.15, 0.2) is 11.6 Å². The lowest BCUT2D eigenvalue weighted by Crippen LogP contribution is -2.19. The van der Waals surface area contributed by atoms with Gasteiger partial charge in [0, 0.05) is 13.2 Å². The van der Waals surface area contributed by atoms with Gasteiger partial charge in [-0.2, -0.15) is 0 Å². The summed E-state index contributed by atoms with van der Waals surface area (Å²) in [5.41, 5.74) is 0.374. The van der Waals surface area contributed by atoms with Crippen molar-refractivity contribution in [2.45, 2.75) is 38.3 Å². The fraction of sp³-hybridized carbons (Fsp3) is 0.636. The molecule has 0 aromatic carbocycles. The Kier molecular flexibility index (Phi) is 3.33. The summed E-state index contributed by atoms with van der Waals surface area (Å²) < 4.78 is 18.9. The number of aromatic nitrogens is 2. The van der Waals surface area contributed by atoms with Crippen molar-refractivity contribution in [3.63, 3.8) is 0 Å². The third-order valence-electron chi connectivity index (χ3n) is 3.02. The Bertz CT molecular complexity index is 372. The molecule has 0 bridgehead atoms. The van der Waals surface area contributed by atoms with Crippen molar-refractivity contribution in [1.29, 1.82) is 0 Å². The van der Waals surface area contributed by atoms with Gasteiger partial charge < -0.3 is 10.1 Å². The highest BCUT2D eigenvalue weighted by Crippen LogP contribution is 2.25. The molecule has 4 nitrogen and oxygen atoms in total. The molecule has 1 aromatic heterocycles. The molecule has 88 valence electrons.